The van der Waals surface area contributed by atoms with Gasteiger partial charge in [-0.25, -0.2) is 8.78 Å². The van der Waals surface area contributed by atoms with Crippen LogP contribution in [-0.2, 0) is 4.79 Å². The lowest BCUT2D eigenvalue weighted by Gasteiger charge is -2.18. The van der Waals surface area contributed by atoms with Gasteiger partial charge in [-0.3, -0.25) is 4.79 Å². The van der Waals surface area contributed by atoms with Crippen molar-refractivity contribution in [2.45, 2.75) is 20.3 Å². The van der Waals surface area contributed by atoms with Gasteiger partial charge in [0, 0.05) is 0 Å². The minimum Gasteiger partial charge on any atom is -0.395 e. The summed E-state index contributed by atoms with van der Waals surface area (Å²) in [7, 11) is 0. The molecule has 0 aliphatic carbocycles. The van der Waals surface area contributed by atoms with Gasteiger partial charge in [0.15, 0.2) is 0 Å². The van der Waals surface area contributed by atoms with Crippen LogP contribution in [0.1, 0.15) is 13.8 Å². The van der Waals surface area contributed by atoms with E-state index in [0.717, 1.165) is 0 Å². The van der Waals surface area contributed by atoms with Crippen LogP contribution in [-0.4, -0.2) is 23.9 Å². The Hall–Kier alpha value is -0.510. The van der Waals surface area contributed by atoms with Crippen LogP contribution in [0, 0.1) is 5.41 Å². The first-order chi connectivity index (χ1) is 4.41. The van der Waals surface area contributed by atoms with Gasteiger partial charge in [0.2, 0.25) is 5.78 Å². The molecule has 60 valence electrons. The molecule has 0 rings (SSSR count). The summed E-state index contributed by atoms with van der Waals surface area (Å²) in [6.07, 6.45) is -2.98. The van der Waals surface area contributed by atoms with Crippen molar-refractivity contribution in [1.29, 1.82) is 0 Å². The van der Waals surface area contributed by atoms with Crippen LogP contribution in [0.3, 0.4) is 0 Å². The maximum atomic E-state index is 11.7. The first-order valence-electron chi connectivity index (χ1n) is 2.85. The molecule has 0 saturated heterocycles. The summed E-state index contributed by atoms with van der Waals surface area (Å²) in [6.45, 7) is 2.01. The Morgan fingerprint density at radius 2 is 2.00 bits per heavy atom. The molecule has 0 unspecified atom stereocenters. The van der Waals surface area contributed by atoms with Gasteiger partial charge in [0.05, 0.1) is 12.0 Å². The summed E-state index contributed by atoms with van der Waals surface area (Å²) in [4.78, 5) is 10.5. The maximum Gasteiger partial charge on any atom is 0.296 e. The summed E-state index contributed by atoms with van der Waals surface area (Å²) in [5, 5.41) is 8.46. The second kappa shape index (κ2) is 3.05. The molecule has 0 fully saturated rings. The molecule has 0 spiro atoms. The minimum atomic E-state index is -2.98. The van der Waals surface area contributed by atoms with Crippen LogP contribution in [0.25, 0.3) is 0 Å². The van der Waals surface area contributed by atoms with Crippen molar-refractivity contribution in [3.63, 3.8) is 0 Å². The monoisotopic (exact) mass is 152 g/mol. The summed E-state index contributed by atoms with van der Waals surface area (Å²) >= 11 is 0. The smallest absolute Gasteiger partial charge is 0.296 e. The summed E-state index contributed by atoms with van der Waals surface area (Å²) in [6, 6.07) is 0. The van der Waals surface area contributed by atoms with Crippen LogP contribution in [0.2, 0.25) is 0 Å². The van der Waals surface area contributed by atoms with Crippen molar-refractivity contribution >= 4 is 5.78 Å². The lowest BCUT2D eigenvalue weighted by molar-refractivity contribution is -0.140. The SMILES string of the molecule is CC(C)(CO)C(=O)C(F)F. The van der Waals surface area contributed by atoms with Gasteiger partial charge < -0.3 is 5.11 Å². The van der Waals surface area contributed by atoms with E-state index in [1.54, 1.807) is 0 Å². The lowest BCUT2D eigenvalue weighted by atomic mass is 9.89. The average Bonchev–Trinajstić information content (AvgIpc) is 1.86. The van der Waals surface area contributed by atoms with E-state index in [2.05, 4.69) is 0 Å². The first kappa shape index (κ1) is 9.49. The van der Waals surface area contributed by atoms with Crippen molar-refractivity contribution < 1.29 is 18.7 Å². The predicted molar refractivity (Wildman–Crippen MR) is 31.9 cm³/mol. The molecular formula is C6H10F2O2. The van der Waals surface area contributed by atoms with Crippen LogP contribution in [0.5, 0.6) is 0 Å². The minimum absolute atomic E-state index is 0.545. The van der Waals surface area contributed by atoms with Gasteiger partial charge in [0.1, 0.15) is 0 Å². The van der Waals surface area contributed by atoms with Crippen molar-refractivity contribution in [1.82, 2.24) is 0 Å². The molecule has 0 aliphatic heterocycles. The Morgan fingerprint density at radius 1 is 1.60 bits per heavy atom. The van der Waals surface area contributed by atoms with Crippen molar-refractivity contribution in [2.75, 3.05) is 6.61 Å². The number of Topliss-reactive ketones (excluding diaryl/α,β-unsaturated/α-hetero) is 1. The van der Waals surface area contributed by atoms with Crippen molar-refractivity contribution in [3.05, 3.63) is 0 Å². The topological polar surface area (TPSA) is 37.3 Å². The Bertz CT molecular complexity index is 132. The fourth-order valence-electron chi connectivity index (χ4n) is 0.373. The van der Waals surface area contributed by atoms with E-state index in [-0.39, 0.29) is 0 Å². The van der Waals surface area contributed by atoms with Crippen LogP contribution in [0.15, 0.2) is 0 Å². The van der Waals surface area contributed by atoms with Crippen molar-refractivity contribution in [3.8, 4) is 0 Å². The molecule has 2 nitrogen and oxygen atoms in total. The molecule has 1 N–H and O–H groups in total. The molecule has 0 aromatic carbocycles. The Kier molecular flexibility index (Phi) is 2.90. The van der Waals surface area contributed by atoms with E-state index in [4.69, 9.17) is 5.11 Å². The first-order valence-corrected chi connectivity index (χ1v) is 2.85. The molecule has 0 aromatic heterocycles. The van der Waals surface area contributed by atoms with E-state index >= 15 is 0 Å². The van der Waals surface area contributed by atoms with Crippen LogP contribution >= 0.6 is 0 Å². The number of aliphatic hydroxyl groups is 1. The second-order valence-corrected chi connectivity index (χ2v) is 2.71. The highest BCUT2D eigenvalue weighted by Gasteiger charge is 2.33. The van der Waals surface area contributed by atoms with Gasteiger partial charge in [-0.2, -0.15) is 0 Å². The predicted octanol–water partition coefficient (Wildman–Crippen LogP) is 0.839. The molecule has 0 heterocycles. The second-order valence-electron chi connectivity index (χ2n) is 2.71. The van der Waals surface area contributed by atoms with Gasteiger partial charge in [-0.15, -0.1) is 0 Å². The fraction of sp³-hybridized carbons (Fsp3) is 0.833. The largest absolute Gasteiger partial charge is 0.395 e. The number of carbonyl (C=O) groups excluding carboxylic acids is 1. The van der Waals surface area contributed by atoms with Crippen LogP contribution < -0.4 is 0 Å². The van der Waals surface area contributed by atoms with Crippen molar-refractivity contribution in [2.24, 2.45) is 5.41 Å². The molecule has 0 atom stereocenters. The third-order valence-corrected chi connectivity index (χ3v) is 1.26. The number of rotatable bonds is 3. The lowest BCUT2D eigenvalue weighted by Crippen LogP contribution is -2.33. The van der Waals surface area contributed by atoms with Gasteiger partial charge in [-0.05, 0) is 0 Å². The summed E-state index contributed by atoms with van der Waals surface area (Å²) < 4.78 is 23.3. The van der Waals surface area contributed by atoms with E-state index in [1.165, 1.54) is 13.8 Å². The molecule has 0 aromatic rings. The zero-order valence-electron chi connectivity index (χ0n) is 5.90. The standard InChI is InChI=1S/C6H10F2O2/c1-6(2,3-9)4(10)5(7)8/h5,9H,3H2,1-2H3. The van der Waals surface area contributed by atoms with E-state index in [0.29, 0.717) is 0 Å². The molecule has 4 heteroatoms. The third-order valence-electron chi connectivity index (χ3n) is 1.26. The number of alkyl halides is 2. The molecular weight excluding hydrogens is 142 g/mol. The maximum absolute atomic E-state index is 11.7. The normalized spacial score (nSPS) is 12.2. The van der Waals surface area contributed by atoms with Gasteiger partial charge in [0.25, 0.3) is 6.43 Å². The highest BCUT2D eigenvalue weighted by molar-refractivity contribution is 5.86. The molecule has 0 aliphatic rings. The molecule has 0 radical (unpaired) electrons. The zero-order valence-corrected chi connectivity index (χ0v) is 5.90. The number of hydrogen-bond donors (Lipinski definition) is 1. The number of carbonyl (C=O) groups is 1. The summed E-state index contributed by atoms with van der Waals surface area (Å²) in [5.74, 6) is -1.21. The Balaban J connectivity index is 4.19. The molecule has 0 amide bonds. The average molecular weight is 152 g/mol. The third kappa shape index (κ3) is 2.02. The highest BCUT2D eigenvalue weighted by atomic mass is 19.3. The Morgan fingerprint density at radius 3 is 2.10 bits per heavy atom. The number of aliphatic hydroxyl groups excluding tert-OH is 1. The Labute approximate surface area is 57.9 Å². The summed E-state index contributed by atoms with van der Waals surface area (Å²) in [5.41, 5.74) is -1.31. The van der Waals surface area contributed by atoms with E-state index < -0.39 is 24.2 Å². The van der Waals surface area contributed by atoms with E-state index in [9.17, 15) is 13.6 Å². The molecule has 0 saturated carbocycles. The van der Waals surface area contributed by atoms with Gasteiger partial charge >= 0.3 is 0 Å². The number of hydrogen-bond acceptors (Lipinski definition) is 2. The fourth-order valence-corrected chi connectivity index (χ4v) is 0.373. The van der Waals surface area contributed by atoms with E-state index in [1.807, 2.05) is 0 Å². The molecule has 10 heavy (non-hydrogen) atoms. The quantitative estimate of drug-likeness (QED) is 0.650. The number of halogens is 2. The molecule has 0 bridgehead atoms. The van der Waals surface area contributed by atoms with Crippen LogP contribution in [0.4, 0.5) is 8.78 Å². The van der Waals surface area contributed by atoms with Gasteiger partial charge in [-0.1, -0.05) is 13.8 Å². The highest BCUT2D eigenvalue weighted by Crippen LogP contribution is 2.19. The number of ketones is 1. The zero-order chi connectivity index (χ0) is 8.36.